The Morgan fingerprint density at radius 3 is 2.15 bits per heavy atom. The number of benzene rings is 2. The Labute approximate surface area is 234 Å². The van der Waals surface area contributed by atoms with Crippen LogP contribution in [-0.4, -0.2) is 40.5 Å². The summed E-state index contributed by atoms with van der Waals surface area (Å²) in [7, 11) is 0. The van der Waals surface area contributed by atoms with Crippen molar-refractivity contribution in [2.75, 3.05) is 0 Å². The number of hydrogen-bond acceptors (Lipinski definition) is 4. The lowest BCUT2D eigenvalue weighted by molar-refractivity contribution is -0.146. The Bertz CT molecular complexity index is 1110. The van der Waals surface area contributed by atoms with Crippen molar-refractivity contribution in [2.45, 2.75) is 105 Å². The van der Waals surface area contributed by atoms with Crippen molar-refractivity contribution < 1.29 is 19.1 Å². The van der Waals surface area contributed by atoms with E-state index in [0.717, 1.165) is 22.3 Å². The highest BCUT2D eigenvalue weighted by Crippen LogP contribution is 2.30. The van der Waals surface area contributed by atoms with Gasteiger partial charge in [-0.25, -0.2) is 4.79 Å². The summed E-state index contributed by atoms with van der Waals surface area (Å²) in [4.78, 5) is 42.9. The molecule has 7 nitrogen and oxygen atoms in total. The van der Waals surface area contributed by atoms with E-state index in [2.05, 4.69) is 10.6 Å². The molecule has 0 bridgehead atoms. The lowest BCUT2D eigenvalue weighted by Crippen LogP contribution is -2.57. The molecule has 0 fully saturated rings. The molecule has 3 amide bonds. The lowest BCUT2D eigenvalue weighted by atomic mass is 9.92. The van der Waals surface area contributed by atoms with Crippen LogP contribution < -0.4 is 10.6 Å². The highest BCUT2D eigenvalue weighted by atomic mass is 16.6. The largest absolute Gasteiger partial charge is 0.444 e. The third-order valence-corrected chi connectivity index (χ3v) is 7.04. The van der Waals surface area contributed by atoms with Crippen LogP contribution in [0.1, 0.15) is 89.6 Å². The molecule has 0 saturated heterocycles. The molecule has 7 heteroatoms. The van der Waals surface area contributed by atoms with Gasteiger partial charge < -0.3 is 20.3 Å². The molecule has 2 aromatic carbocycles. The van der Waals surface area contributed by atoms with Crippen molar-refractivity contribution in [3.63, 3.8) is 0 Å². The Morgan fingerprint density at radius 1 is 0.949 bits per heavy atom. The molecule has 0 saturated carbocycles. The Kier molecular flexibility index (Phi) is 11.6. The topological polar surface area (TPSA) is 87.7 Å². The van der Waals surface area contributed by atoms with Crippen LogP contribution >= 0.6 is 0 Å². The minimum absolute atomic E-state index is 0.178. The van der Waals surface area contributed by atoms with E-state index in [4.69, 9.17) is 4.74 Å². The molecule has 2 aromatic rings. The molecule has 2 N–H and O–H groups in total. The number of alkyl carbamates (subject to hydrolysis) is 1. The third-order valence-electron chi connectivity index (χ3n) is 7.04. The zero-order chi connectivity index (χ0) is 29.3. The van der Waals surface area contributed by atoms with Gasteiger partial charge in [0.05, 0.1) is 0 Å². The average Bonchev–Trinajstić information content (AvgIpc) is 2.88. The van der Waals surface area contributed by atoms with Gasteiger partial charge >= 0.3 is 6.09 Å². The molecule has 0 radical (unpaired) electrons. The van der Waals surface area contributed by atoms with Crippen LogP contribution in [0.15, 0.2) is 48.5 Å². The third kappa shape index (κ3) is 9.12. The first-order valence-electron chi connectivity index (χ1n) is 14.0. The maximum absolute atomic E-state index is 14.4. The zero-order valence-electron chi connectivity index (χ0n) is 25.1. The first kappa shape index (κ1) is 31.9. The highest BCUT2D eigenvalue weighted by molar-refractivity contribution is 5.92. The second-order valence-electron chi connectivity index (χ2n) is 11.5. The molecule has 2 rings (SSSR count). The zero-order valence-corrected chi connectivity index (χ0v) is 25.1. The van der Waals surface area contributed by atoms with Crippen molar-refractivity contribution in [2.24, 2.45) is 5.92 Å². The summed E-state index contributed by atoms with van der Waals surface area (Å²) in [6.07, 6.45) is 0.648. The number of carbonyl (C=O) groups is 3. The lowest BCUT2D eigenvalue weighted by Gasteiger charge is -2.40. The van der Waals surface area contributed by atoms with E-state index in [9.17, 15) is 14.4 Å². The number of rotatable bonds is 11. The van der Waals surface area contributed by atoms with E-state index in [1.807, 2.05) is 90.1 Å². The molecular weight excluding hydrogens is 490 g/mol. The monoisotopic (exact) mass is 537 g/mol. The Morgan fingerprint density at radius 2 is 1.59 bits per heavy atom. The van der Waals surface area contributed by atoms with Gasteiger partial charge in [0.25, 0.3) is 0 Å². The van der Waals surface area contributed by atoms with Crippen molar-refractivity contribution in [1.29, 1.82) is 0 Å². The molecule has 39 heavy (non-hydrogen) atoms. The standard InChI is InChI=1S/C32H47N3O4/c1-10-22(4)27(34-31(38)39-32(7,8)9)30(37)35(24(6)11-2)28(26-19-21(3)17-18-23(26)5)29(36)33-20-25-15-13-12-14-16-25/h12-19,22,24,27-28H,10-11,20H2,1-9H3,(H,33,36)(H,34,38). The van der Waals surface area contributed by atoms with E-state index in [0.29, 0.717) is 19.4 Å². The summed E-state index contributed by atoms with van der Waals surface area (Å²) in [5.74, 6) is -0.741. The van der Waals surface area contributed by atoms with Gasteiger partial charge in [-0.05, 0) is 70.6 Å². The summed E-state index contributed by atoms with van der Waals surface area (Å²) < 4.78 is 5.49. The normalized spacial score (nSPS) is 14.5. The van der Waals surface area contributed by atoms with E-state index in [1.54, 1.807) is 25.7 Å². The van der Waals surface area contributed by atoms with Crippen LogP contribution in [0, 0.1) is 19.8 Å². The minimum Gasteiger partial charge on any atom is -0.444 e. The number of nitrogens with zero attached hydrogens (tertiary/aromatic N) is 1. The molecule has 0 heterocycles. The molecular formula is C32H47N3O4. The Hall–Kier alpha value is -3.35. The van der Waals surface area contributed by atoms with Gasteiger partial charge in [0, 0.05) is 12.6 Å². The minimum atomic E-state index is -0.872. The quantitative estimate of drug-likeness (QED) is 0.356. The summed E-state index contributed by atoms with van der Waals surface area (Å²) in [5, 5.41) is 5.90. The molecule has 0 aliphatic rings. The number of hydrogen-bond donors (Lipinski definition) is 2. The molecule has 0 spiro atoms. The van der Waals surface area contributed by atoms with Crippen LogP contribution in [0.4, 0.5) is 4.79 Å². The summed E-state index contributed by atoms with van der Waals surface area (Å²) in [5.41, 5.74) is 2.95. The maximum atomic E-state index is 14.4. The number of amides is 3. The van der Waals surface area contributed by atoms with Crippen LogP contribution in [0.25, 0.3) is 0 Å². The molecule has 0 aliphatic heterocycles. The van der Waals surface area contributed by atoms with Gasteiger partial charge in [-0.2, -0.15) is 0 Å². The van der Waals surface area contributed by atoms with Gasteiger partial charge in [0.15, 0.2) is 0 Å². The van der Waals surface area contributed by atoms with Gasteiger partial charge in [-0.3, -0.25) is 9.59 Å². The molecule has 214 valence electrons. The van der Waals surface area contributed by atoms with Crippen molar-refractivity contribution in [3.05, 3.63) is 70.8 Å². The van der Waals surface area contributed by atoms with Crippen LogP contribution in [0.5, 0.6) is 0 Å². The van der Waals surface area contributed by atoms with Crippen molar-refractivity contribution in [3.8, 4) is 0 Å². The first-order valence-corrected chi connectivity index (χ1v) is 14.0. The average molecular weight is 538 g/mol. The fourth-order valence-electron chi connectivity index (χ4n) is 4.43. The first-order chi connectivity index (χ1) is 18.3. The fraction of sp³-hybridized carbons (Fsp3) is 0.531. The number of aryl methyl sites for hydroxylation is 2. The van der Waals surface area contributed by atoms with Gasteiger partial charge in [0.2, 0.25) is 11.8 Å². The van der Waals surface area contributed by atoms with Gasteiger partial charge in [-0.1, -0.05) is 81.3 Å². The van der Waals surface area contributed by atoms with E-state index >= 15 is 0 Å². The SMILES string of the molecule is CCC(C)C(NC(=O)OC(C)(C)C)C(=O)N(C(C)CC)C(C(=O)NCc1ccccc1)c1cc(C)ccc1C. The second-order valence-corrected chi connectivity index (χ2v) is 11.5. The number of carbonyl (C=O) groups excluding carboxylic acids is 3. The molecule has 4 atom stereocenters. The van der Waals surface area contributed by atoms with Crippen LogP contribution in [0.2, 0.25) is 0 Å². The molecule has 0 aliphatic carbocycles. The molecule has 0 aromatic heterocycles. The summed E-state index contributed by atoms with van der Waals surface area (Å²) in [6, 6.07) is 13.7. The Balaban J connectivity index is 2.57. The highest BCUT2D eigenvalue weighted by Gasteiger charge is 2.40. The summed E-state index contributed by atoms with van der Waals surface area (Å²) >= 11 is 0. The maximum Gasteiger partial charge on any atom is 0.408 e. The smallest absolute Gasteiger partial charge is 0.408 e. The van der Waals surface area contributed by atoms with Gasteiger partial charge in [-0.15, -0.1) is 0 Å². The van der Waals surface area contributed by atoms with Crippen molar-refractivity contribution in [1.82, 2.24) is 15.5 Å². The van der Waals surface area contributed by atoms with Crippen LogP contribution in [-0.2, 0) is 20.9 Å². The second kappa shape index (κ2) is 14.2. The van der Waals surface area contributed by atoms with Crippen molar-refractivity contribution >= 4 is 17.9 Å². The predicted molar refractivity (Wildman–Crippen MR) is 156 cm³/mol. The number of ether oxygens (including phenoxy) is 1. The van der Waals surface area contributed by atoms with Gasteiger partial charge in [0.1, 0.15) is 17.7 Å². The van der Waals surface area contributed by atoms with E-state index < -0.39 is 23.8 Å². The van der Waals surface area contributed by atoms with E-state index in [1.165, 1.54) is 0 Å². The number of nitrogens with one attached hydrogen (secondary N) is 2. The predicted octanol–water partition coefficient (Wildman–Crippen LogP) is 6.23. The fourth-order valence-corrected chi connectivity index (χ4v) is 4.43. The summed E-state index contributed by atoms with van der Waals surface area (Å²) in [6.45, 7) is 17.5. The molecule has 4 unspecified atom stereocenters. The van der Waals surface area contributed by atoms with E-state index in [-0.39, 0.29) is 23.8 Å². The van der Waals surface area contributed by atoms with Crippen LogP contribution in [0.3, 0.4) is 0 Å².